The van der Waals surface area contributed by atoms with Crippen LogP contribution in [0.5, 0.6) is 0 Å². The first kappa shape index (κ1) is 14.8. The summed E-state index contributed by atoms with van der Waals surface area (Å²) in [5.74, 6) is -3.14. The number of imide groups is 2. The Morgan fingerprint density at radius 2 is 1.06 bits per heavy atom. The van der Waals surface area contributed by atoms with Crippen molar-refractivity contribution in [2.75, 3.05) is 0 Å². The number of amidine groups is 2. The average Bonchev–Trinajstić information content (AvgIpc) is 2.13. The molecule has 0 aromatic heterocycles. The number of hydrogen-bond acceptors (Lipinski definition) is 8. The lowest BCUT2D eigenvalue weighted by Crippen LogP contribution is -2.46. The number of carbonyl (C=O) groups is 4. The summed E-state index contributed by atoms with van der Waals surface area (Å²) in [5.41, 5.74) is 9.32. The highest BCUT2D eigenvalue weighted by atomic mass is 16.6. The fourth-order valence-corrected chi connectivity index (χ4v) is 0.550. The highest BCUT2D eigenvalue weighted by Crippen LogP contribution is 1.79. The van der Waals surface area contributed by atoms with Crippen molar-refractivity contribution in [3.63, 3.8) is 0 Å². The van der Waals surface area contributed by atoms with Crippen LogP contribution in [0, 0.1) is 10.8 Å². The van der Waals surface area contributed by atoms with Crippen LogP contribution in [0.4, 0.5) is 9.59 Å². The van der Waals surface area contributed by atoms with Crippen molar-refractivity contribution in [2.45, 2.75) is 0 Å². The van der Waals surface area contributed by atoms with Gasteiger partial charge in [0.1, 0.15) is 0 Å². The van der Waals surface area contributed by atoms with Crippen LogP contribution in [0.15, 0.2) is 0 Å². The Bertz CT molecular complexity index is 390. The molecule has 0 aliphatic carbocycles. The van der Waals surface area contributed by atoms with Gasteiger partial charge in [-0.2, -0.15) is 0 Å². The van der Waals surface area contributed by atoms with Crippen LogP contribution in [-0.4, -0.2) is 36.0 Å². The zero-order valence-electron chi connectivity index (χ0n) is 8.60. The molecule has 0 saturated carbocycles. The third kappa shape index (κ3) is 6.33. The zero-order chi connectivity index (χ0) is 14.3. The molecule has 0 rings (SSSR count). The van der Waals surface area contributed by atoms with Crippen molar-refractivity contribution in [1.29, 1.82) is 10.8 Å². The van der Waals surface area contributed by atoms with Crippen LogP contribution in [0.3, 0.4) is 0 Å². The fraction of sp³-hybridized carbons (Fsp3) is 0. The van der Waals surface area contributed by atoms with Gasteiger partial charge in [0.2, 0.25) is 0 Å². The van der Waals surface area contributed by atoms with Crippen LogP contribution in [0.1, 0.15) is 0 Å². The zero-order valence-corrected chi connectivity index (χ0v) is 8.60. The van der Waals surface area contributed by atoms with Gasteiger partial charge in [-0.05, 0) is 0 Å². The van der Waals surface area contributed by atoms with Gasteiger partial charge in [0.05, 0.1) is 0 Å². The van der Waals surface area contributed by atoms with E-state index in [0.29, 0.717) is 0 Å². The van der Waals surface area contributed by atoms with Crippen LogP contribution in [0.2, 0.25) is 0 Å². The van der Waals surface area contributed by atoms with E-state index < -0.39 is 36.0 Å². The maximum Gasteiger partial charge on any atom is 0.422 e. The van der Waals surface area contributed by atoms with Crippen LogP contribution in [0.25, 0.3) is 0 Å². The molecule has 0 atom stereocenters. The van der Waals surface area contributed by atoms with Crippen molar-refractivity contribution in [3.8, 4) is 0 Å². The minimum absolute atomic E-state index is 1.00. The fourth-order valence-electron chi connectivity index (χ4n) is 0.550. The molecule has 0 radical (unpaired) electrons. The van der Waals surface area contributed by atoms with E-state index in [-0.39, 0.29) is 0 Å². The molecule has 8 N–H and O–H groups in total. The lowest BCUT2D eigenvalue weighted by molar-refractivity contribution is -0.138. The maximum absolute atomic E-state index is 10.9. The predicted molar refractivity (Wildman–Crippen MR) is 53.1 cm³/mol. The van der Waals surface area contributed by atoms with Crippen LogP contribution in [-0.2, 0) is 19.1 Å². The summed E-state index contributed by atoms with van der Waals surface area (Å²) in [6.07, 6.45) is -2.97. The molecule has 18 heavy (non-hydrogen) atoms. The average molecular weight is 260 g/mol. The quantitative estimate of drug-likeness (QED) is 0.152. The molecule has 0 aromatic carbocycles. The highest BCUT2D eigenvalue weighted by Gasteiger charge is 2.21. The minimum Gasteiger partial charge on any atom is -0.376 e. The van der Waals surface area contributed by atoms with Crippen LogP contribution < -0.4 is 22.1 Å². The van der Waals surface area contributed by atoms with Crippen molar-refractivity contribution < 1.29 is 28.7 Å². The molecule has 0 spiro atoms. The number of carbonyl (C=O) groups excluding carboxylic acids is 4. The van der Waals surface area contributed by atoms with E-state index in [1.807, 2.05) is 0 Å². The van der Waals surface area contributed by atoms with Gasteiger partial charge < -0.3 is 20.9 Å². The van der Waals surface area contributed by atoms with E-state index in [9.17, 15) is 19.2 Å². The number of alkyl carbamates (subject to hydrolysis) is 2. The topological polar surface area (TPSA) is 211 Å². The van der Waals surface area contributed by atoms with Gasteiger partial charge in [-0.3, -0.25) is 31.0 Å². The van der Waals surface area contributed by atoms with Gasteiger partial charge in [-0.1, -0.05) is 0 Å². The minimum atomic E-state index is -1.57. The van der Waals surface area contributed by atoms with E-state index >= 15 is 0 Å². The van der Waals surface area contributed by atoms with Crippen molar-refractivity contribution in [2.24, 2.45) is 11.5 Å². The van der Waals surface area contributed by atoms with E-state index in [4.69, 9.17) is 10.8 Å². The summed E-state index contributed by atoms with van der Waals surface area (Å²) >= 11 is 0. The lowest BCUT2D eigenvalue weighted by Gasteiger charge is -2.04. The summed E-state index contributed by atoms with van der Waals surface area (Å²) in [6, 6.07) is -2.01. The second kappa shape index (κ2) is 6.41. The standard InChI is InChI=1S/C6H8N6O6/c7-3(8)17-5(15)11-1(13)2(14)12-6(16)18-4(9)10/h(H3,7,8)(H3,9,10)(H,11,13,15)(H,12,14,16). The Kier molecular flexibility index (Phi) is 5.28. The lowest BCUT2D eigenvalue weighted by atomic mass is 10.5. The van der Waals surface area contributed by atoms with Crippen molar-refractivity contribution in [1.82, 2.24) is 10.6 Å². The van der Waals surface area contributed by atoms with E-state index in [1.54, 1.807) is 0 Å². The van der Waals surface area contributed by atoms with E-state index in [1.165, 1.54) is 10.6 Å². The van der Waals surface area contributed by atoms with E-state index in [2.05, 4.69) is 20.9 Å². The molecule has 0 saturated heterocycles. The second-order valence-corrected chi connectivity index (χ2v) is 2.42. The summed E-state index contributed by atoms with van der Waals surface area (Å²) in [4.78, 5) is 43.3. The first-order chi connectivity index (χ1) is 8.22. The Labute approximate surface area is 98.6 Å². The molecule has 12 nitrogen and oxygen atoms in total. The predicted octanol–water partition coefficient (Wildman–Crippen LogP) is -2.72. The summed E-state index contributed by atoms with van der Waals surface area (Å²) in [5, 5.41) is 15.8. The third-order valence-electron chi connectivity index (χ3n) is 1.04. The molecule has 0 bridgehead atoms. The number of rotatable bonds is 0. The maximum atomic E-state index is 10.9. The molecule has 98 valence electrons. The van der Waals surface area contributed by atoms with Gasteiger partial charge >= 0.3 is 24.0 Å². The number of amides is 4. The number of nitrogens with one attached hydrogen (secondary N) is 4. The Morgan fingerprint density at radius 3 is 1.28 bits per heavy atom. The van der Waals surface area contributed by atoms with Gasteiger partial charge in [-0.15, -0.1) is 0 Å². The highest BCUT2D eigenvalue weighted by molar-refractivity contribution is 6.39. The number of hydrogen-bond donors (Lipinski definition) is 6. The van der Waals surface area contributed by atoms with Gasteiger partial charge in [0.25, 0.3) is 12.0 Å². The number of ether oxygens (including phenoxy) is 2. The molecule has 0 unspecified atom stereocenters. The first-order valence-electron chi connectivity index (χ1n) is 3.96. The first-order valence-corrected chi connectivity index (χ1v) is 3.96. The molecule has 12 heteroatoms. The van der Waals surface area contributed by atoms with Crippen LogP contribution >= 0.6 is 0 Å². The van der Waals surface area contributed by atoms with Crippen molar-refractivity contribution in [3.05, 3.63) is 0 Å². The van der Waals surface area contributed by atoms with Gasteiger partial charge in [0.15, 0.2) is 0 Å². The molecule has 0 aliphatic heterocycles. The summed E-state index contributed by atoms with van der Waals surface area (Å²) in [7, 11) is 0. The van der Waals surface area contributed by atoms with Gasteiger partial charge in [-0.25, -0.2) is 9.59 Å². The summed E-state index contributed by atoms with van der Waals surface area (Å²) < 4.78 is 7.76. The molecular formula is C6H8N6O6. The Hall–Kier alpha value is -3.18. The van der Waals surface area contributed by atoms with Crippen molar-refractivity contribution >= 4 is 36.0 Å². The van der Waals surface area contributed by atoms with Gasteiger partial charge in [0, 0.05) is 0 Å². The molecular weight excluding hydrogens is 252 g/mol. The SMILES string of the molecule is N=C(N)OC(=O)NC(=O)C(=O)NC(=O)OC(=N)N. The second-order valence-electron chi connectivity index (χ2n) is 2.42. The molecule has 0 heterocycles. The number of nitrogens with two attached hydrogens (primary N) is 2. The largest absolute Gasteiger partial charge is 0.422 e. The molecule has 4 amide bonds. The third-order valence-corrected chi connectivity index (χ3v) is 1.04. The monoisotopic (exact) mass is 260 g/mol. The smallest absolute Gasteiger partial charge is 0.376 e. The molecule has 0 fully saturated rings. The Morgan fingerprint density at radius 1 is 0.778 bits per heavy atom. The summed E-state index contributed by atoms with van der Waals surface area (Å²) in [6.45, 7) is 0. The Balaban J connectivity index is 4.23. The van der Waals surface area contributed by atoms with E-state index in [0.717, 1.165) is 0 Å². The normalized spacial score (nSPS) is 8.67. The molecule has 0 aliphatic rings. The molecule has 0 aromatic rings.